The second kappa shape index (κ2) is 9.38. The molecule has 0 aliphatic carbocycles. The quantitative estimate of drug-likeness (QED) is 0.587. The van der Waals surface area contributed by atoms with E-state index in [4.69, 9.17) is 0 Å². The maximum absolute atomic E-state index is 13.4. The Labute approximate surface area is 199 Å². The van der Waals surface area contributed by atoms with Crippen LogP contribution in [0.2, 0.25) is 0 Å². The number of alkyl halides is 3. The lowest BCUT2D eigenvalue weighted by Crippen LogP contribution is -2.68. The zero-order valence-electron chi connectivity index (χ0n) is 18.4. The van der Waals surface area contributed by atoms with Gasteiger partial charge in [-0.3, -0.25) is 19.8 Å². The van der Waals surface area contributed by atoms with E-state index in [-0.39, 0.29) is 24.9 Å². The largest absolute Gasteiger partial charge is 0.404 e. The molecule has 12 heteroatoms. The Kier molecular flexibility index (Phi) is 6.47. The van der Waals surface area contributed by atoms with Gasteiger partial charge in [-0.05, 0) is 31.2 Å². The summed E-state index contributed by atoms with van der Waals surface area (Å²) in [6.07, 6.45) is -3.29. The van der Waals surface area contributed by atoms with Crippen LogP contribution in [0.25, 0.3) is 0 Å². The molecular formula is C22H27F3N6O2S. The fourth-order valence-electron chi connectivity index (χ4n) is 5.07. The van der Waals surface area contributed by atoms with Gasteiger partial charge in [0.2, 0.25) is 11.8 Å². The first-order valence-electron chi connectivity index (χ1n) is 11.5. The Morgan fingerprint density at radius 1 is 1.18 bits per heavy atom. The first-order valence-corrected chi connectivity index (χ1v) is 12.4. The summed E-state index contributed by atoms with van der Waals surface area (Å²) in [6, 6.07) is 6.93. The van der Waals surface area contributed by atoms with Crippen molar-refractivity contribution in [2.45, 2.75) is 68.2 Å². The highest BCUT2D eigenvalue weighted by atomic mass is 32.2. The summed E-state index contributed by atoms with van der Waals surface area (Å²) in [6.45, 7) is 1.33. The first kappa shape index (κ1) is 23.4. The third kappa shape index (κ3) is 4.63. The number of hydrogen-bond donors (Lipinski definition) is 3. The van der Waals surface area contributed by atoms with Crippen molar-refractivity contribution in [1.29, 1.82) is 0 Å². The van der Waals surface area contributed by atoms with E-state index < -0.39 is 35.8 Å². The van der Waals surface area contributed by atoms with Crippen molar-refractivity contribution in [3.63, 3.8) is 0 Å². The number of halogens is 3. The standard InChI is InChI=1S/C22H27F3N6O2S/c23-22(24,25)15-9-5-11-31(15)20-28-18(33)16-19(29-20)34-21(27-16)30-10-4-8-14(30)17(32)26-12-13-6-2-1-3-7-13/h1-3,6-7,14-16,19-20,29H,4-5,8-12H2,(H,26,32)(H,28,33)/t14-,15+,16?,19?,20?/m1/s1. The van der Waals surface area contributed by atoms with Crippen molar-refractivity contribution in [3.05, 3.63) is 35.9 Å². The third-order valence-corrected chi connectivity index (χ3v) is 7.95. The summed E-state index contributed by atoms with van der Waals surface area (Å²) < 4.78 is 40.3. The lowest BCUT2D eigenvalue weighted by atomic mass is 10.2. The molecule has 3 fully saturated rings. The number of nitrogens with one attached hydrogen (secondary N) is 3. The summed E-state index contributed by atoms with van der Waals surface area (Å²) in [5, 5.41) is 8.91. The highest BCUT2D eigenvalue weighted by Gasteiger charge is 2.52. The van der Waals surface area contributed by atoms with E-state index in [1.165, 1.54) is 16.7 Å². The molecule has 8 nitrogen and oxygen atoms in total. The molecule has 4 heterocycles. The van der Waals surface area contributed by atoms with Crippen molar-refractivity contribution in [2.75, 3.05) is 13.1 Å². The topological polar surface area (TPSA) is 89.1 Å². The van der Waals surface area contributed by atoms with E-state index in [0.717, 1.165) is 12.0 Å². The minimum absolute atomic E-state index is 0.0219. The molecule has 1 aromatic carbocycles. The van der Waals surface area contributed by atoms with Crippen LogP contribution >= 0.6 is 11.8 Å². The van der Waals surface area contributed by atoms with E-state index in [2.05, 4.69) is 20.9 Å². The van der Waals surface area contributed by atoms with Crippen LogP contribution in [0.15, 0.2) is 35.3 Å². The van der Waals surface area contributed by atoms with Crippen molar-refractivity contribution >= 4 is 28.7 Å². The van der Waals surface area contributed by atoms with E-state index in [0.29, 0.717) is 31.1 Å². The van der Waals surface area contributed by atoms with E-state index in [9.17, 15) is 22.8 Å². The average Bonchev–Trinajstić information content (AvgIpc) is 3.56. The zero-order valence-corrected chi connectivity index (χ0v) is 19.2. The molecule has 0 spiro atoms. The summed E-state index contributed by atoms with van der Waals surface area (Å²) >= 11 is 1.32. The highest BCUT2D eigenvalue weighted by Crippen LogP contribution is 2.37. The number of amidine groups is 1. The molecule has 184 valence electrons. The number of hydrogen-bond acceptors (Lipinski definition) is 7. The van der Waals surface area contributed by atoms with Crippen molar-refractivity contribution in [2.24, 2.45) is 4.99 Å². The van der Waals surface area contributed by atoms with Crippen LogP contribution in [0, 0.1) is 0 Å². The number of likely N-dealkylation sites (tertiary alicyclic amines) is 2. The van der Waals surface area contributed by atoms with Gasteiger partial charge in [0.25, 0.3) is 0 Å². The molecule has 0 radical (unpaired) electrons. The molecule has 0 bridgehead atoms. The predicted octanol–water partition coefficient (Wildman–Crippen LogP) is 1.59. The molecule has 4 aliphatic rings. The molecule has 0 aromatic heterocycles. The molecule has 2 amide bonds. The lowest BCUT2D eigenvalue weighted by molar-refractivity contribution is -0.186. The number of rotatable bonds is 4. The number of carbonyl (C=O) groups excluding carboxylic acids is 2. The summed E-state index contributed by atoms with van der Waals surface area (Å²) in [4.78, 5) is 33.4. The Hall–Kier alpha value is -2.31. The smallest absolute Gasteiger partial charge is 0.350 e. The van der Waals surface area contributed by atoms with Gasteiger partial charge >= 0.3 is 6.18 Å². The van der Waals surface area contributed by atoms with Gasteiger partial charge in [0.15, 0.2) is 11.2 Å². The van der Waals surface area contributed by atoms with Gasteiger partial charge in [0.05, 0.1) is 5.37 Å². The Morgan fingerprint density at radius 2 is 1.94 bits per heavy atom. The number of thioether (sulfide) groups is 1. The van der Waals surface area contributed by atoms with Gasteiger partial charge in [-0.1, -0.05) is 42.1 Å². The normalized spacial score (nSPS) is 31.9. The Morgan fingerprint density at radius 3 is 2.71 bits per heavy atom. The number of fused-ring (bicyclic) bond motifs is 1. The Balaban J connectivity index is 1.23. The SMILES string of the molecule is O=C1NC(N2CCC[C@H]2C(F)(F)F)NC2SC(N3CCC[C@@H]3C(=O)NCc3ccccc3)=NC12. The van der Waals surface area contributed by atoms with Crippen LogP contribution in [0.4, 0.5) is 13.2 Å². The minimum Gasteiger partial charge on any atom is -0.350 e. The number of aliphatic imine (C=N–C) groups is 1. The molecule has 34 heavy (non-hydrogen) atoms. The summed E-state index contributed by atoms with van der Waals surface area (Å²) in [5.74, 6) is -0.492. The zero-order chi connectivity index (χ0) is 23.9. The van der Waals surface area contributed by atoms with Crippen molar-refractivity contribution in [3.8, 4) is 0 Å². The van der Waals surface area contributed by atoms with Gasteiger partial charge in [0.1, 0.15) is 18.4 Å². The molecule has 0 saturated carbocycles. The van der Waals surface area contributed by atoms with Crippen LogP contribution < -0.4 is 16.0 Å². The summed E-state index contributed by atoms with van der Waals surface area (Å²) in [5.41, 5.74) is 1.00. The van der Waals surface area contributed by atoms with Crippen molar-refractivity contribution < 1.29 is 22.8 Å². The molecule has 3 unspecified atom stereocenters. The van der Waals surface area contributed by atoms with Crippen LogP contribution in [0.3, 0.4) is 0 Å². The maximum Gasteiger partial charge on any atom is 0.404 e. The Bertz CT molecular complexity index is 962. The van der Waals surface area contributed by atoms with E-state index >= 15 is 0 Å². The first-order chi connectivity index (χ1) is 16.3. The fourth-order valence-corrected chi connectivity index (χ4v) is 6.34. The second-order valence-corrected chi connectivity index (χ2v) is 10.1. The number of carbonyl (C=O) groups is 2. The van der Waals surface area contributed by atoms with Gasteiger partial charge in [-0.15, -0.1) is 0 Å². The van der Waals surface area contributed by atoms with E-state index in [1.807, 2.05) is 35.2 Å². The van der Waals surface area contributed by atoms with Gasteiger partial charge < -0.3 is 15.5 Å². The molecule has 5 atom stereocenters. The molecule has 3 saturated heterocycles. The minimum atomic E-state index is -4.35. The lowest BCUT2D eigenvalue weighted by Gasteiger charge is -2.40. The van der Waals surface area contributed by atoms with Crippen LogP contribution in [-0.2, 0) is 16.1 Å². The van der Waals surface area contributed by atoms with Crippen molar-refractivity contribution in [1.82, 2.24) is 25.8 Å². The van der Waals surface area contributed by atoms with Gasteiger partial charge in [0, 0.05) is 19.6 Å². The fraction of sp³-hybridized carbons (Fsp3) is 0.591. The number of benzene rings is 1. The van der Waals surface area contributed by atoms with E-state index in [1.54, 1.807) is 0 Å². The monoisotopic (exact) mass is 496 g/mol. The van der Waals surface area contributed by atoms with Crippen LogP contribution in [0.1, 0.15) is 31.2 Å². The molecule has 4 aliphatic heterocycles. The van der Waals surface area contributed by atoms with Crippen LogP contribution in [0.5, 0.6) is 0 Å². The molecular weight excluding hydrogens is 469 g/mol. The second-order valence-electron chi connectivity index (χ2n) is 8.97. The maximum atomic E-state index is 13.4. The summed E-state index contributed by atoms with van der Waals surface area (Å²) in [7, 11) is 0. The van der Waals surface area contributed by atoms with Crippen LogP contribution in [-0.4, -0.2) is 75.8 Å². The van der Waals surface area contributed by atoms with Gasteiger partial charge in [-0.25, -0.2) is 4.99 Å². The average molecular weight is 497 g/mol. The van der Waals surface area contributed by atoms with Gasteiger partial charge in [-0.2, -0.15) is 13.2 Å². The third-order valence-electron chi connectivity index (χ3n) is 6.75. The molecule has 1 aromatic rings. The number of amides is 2. The molecule has 5 rings (SSSR count). The number of nitrogens with zero attached hydrogens (tertiary/aromatic N) is 3. The predicted molar refractivity (Wildman–Crippen MR) is 121 cm³/mol. The molecule has 3 N–H and O–H groups in total. The highest BCUT2D eigenvalue weighted by molar-refractivity contribution is 8.14.